The van der Waals surface area contributed by atoms with E-state index < -0.39 is 0 Å². The van der Waals surface area contributed by atoms with Crippen LogP contribution in [0.15, 0.2) is 18.3 Å². The molecule has 90 valence electrons. The molecule has 0 aliphatic carbocycles. The molecule has 1 aliphatic rings. The standard InChI is InChI=1S/C12H17N5/c1-16-6-2-4-9(16)8-11-14-15-12-10(13)5-3-7-17(11)12/h3,5,7,9H,2,4,6,8,13H2,1H3. The lowest BCUT2D eigenvalue weighted by molar-refractivity contribution is 0.305. The largest absolute Gasteiger partial charge is 0.396 e. The van der Waals surface area contributed by atoms with E-state index in [0.29, 0.717) is 11.7 Å². The highest BCUT2D eigenvalue weighted by Crippen LogP contribution is 2.19. The van der Waals surface area contributed by atoms with E-state index in [0.717, 1.165) is 17.9 Å². The van der Waals surface area contributed by atoms with E-state index in [1.54, 1.807) is 0 Å². The average molecular weight is 231 g/mol. The molecular formula is C12H17N5. The van der Waals surface area contributed by atoms with E-state index in [9.17, 15) is 0 Å². The summed E-state index contributed by atoms with van der Waals surface area (Å²) in [5, 5.41) is 8.42. The van der Waals surface area contributed by atoms with Crippen molar-refractivity contribution in [2.75, 3.05) is 19.3 Å². The fourth-order valence-electron chi connectivity index (χ4n) is 2.57. The smallest absolute Gasteiger partial charge is 0.183 e. The molecular weight excluding hydrogens is 214 g/mol. The van der Waals surface area contributed by atoms with Gasteiger partial charge < -0.3 is 10.6 Å². The summed E-state index contributed by atoms with van der Waals surface area (Å²) in [5.41, 5.74) is 7.32. The SMILES string of the molecule is CN1CCCC1Cc1nnc2c(N)cccn12. The van der Waals surface area contributed by atoms with Crippen molar-refractivity contribution in [1.82, 2.24) is 19.5 Å². The Bertz CT molecular complexity index is 533. The highest BCUT2D eigenvalue weighted by molar-refractivity contribution is 5.63. The van der Waals surface area contributed by atoms with Gasteiger partial charge in [0.05, 0.1) is 5.69 Å². The number of nitrogen functional groups attached to an aromatic ring is 1. The molecule has 2 N–H and O–H groups in total. The molecule has 5 heteroatoms. The third kappa shape index (κ3) is 1.76. The van der Waals surface area contributed by atoms with Crippen molar-refractivity contribution in [1.29, 1.82) is 0 Å². The minimum atomic E-state index is 0.587. The lowest BCUT2D eigenvalue weighted by Crippen LogP contribution is -2.27. The maximum absolute atomic E-state index is 5.87. The van der Waals surface area contributed by atoms with E-state index in [1.165, 1.54) is 19.4 Å². The van der Waals surface area contributed by atoms with Crippen LogP contribution in [0.3, 0.4) is 0 Å². The topological polar surface area (TPSA) is 59.5 Å². The molecule has 3 heterocycles. The summed E-state index contributed by atoms with van der Waals surface area (Å²) in [6, 6.07) is 4.38. The zero-order valence-electron chi connectivity index (χ0n) is 10.0. The number of anilines is 1. The van der Waals surface area contributed by atoms with Crippen molar-refractivity contribution in [3.63, 3.8) is 0 Å². The number of aromatic nitrogens is 3. The van der Waals surface area contributed by atoms with Crippen LogP contribution >= 0.6 is 0 Å². The number of nitrogens with two attached hydrogens (primary N) is 1. The first-order chi connectivity index (χ1) is 8.25. The first kappa shape index (κ1) is 10.5. The van der Waals surface area contributed by atoms with E-state index in [-0.39, 0.29) is 0 Å². The average Bonchev–Trinajstić information content (AvgIpc) is 2.89. The molecule has 2 aromatic rings. The second-order valence-electron chi connectivity index (χ2n) is 4.75. The van der Waals surface area contributed by atoms with Crippen LogP contribution in [-0.2, 0) is 6.42 Å². The predicted octanol–water partition coefficient (Wildman–Crippen LogP) is 0.948. The van der Waals surface area contributed by atoms with Crippen molar-refractivity contribution >= 4 is 11.3 Å². The number of fused-ring (bicyclic) bond motifs is 1. The van der Waals surface area contributed by atoms with Crippen LogP contribution < -0.4 is 5.73 Å². The Balaban J connectivity index is 1.93. The summed E-state index contributed by atoms with van der Waals surface area (Å²) in [6.07, 6.45) is 5.45. The summed E-state index contributed by atoms with van der Waals surface area (Å²) in [7, 11) is 2.18. The molecule has 1 atom stereocenters. The predicted molar refractivity (Wildman–Crippen MR) is 66.8 cm³/mol. The van der Waals surface area contributed by atoms with Crippen molar-refractivity contribution in [2.24, 2.45) is 0 Å². The van der Waals surface area contributed by atoms with Crippen LogP contribution in [0.2, 0.25) is 0 Å². The van der Waals surface area contributed by atoms with Crippen LogP contribution in [0.5, 0.6) is 0 Å². The molecule has 0 bridgehead atoms. The van der Waals surface area contributed by atoms with E-state index in [2.05, 4.69) is 22.1 Å². The Kier molecular flexibility index (Phi) is 2.48. The van der Waals surface area contributed by atoms with E-state index in [4.69, 9.17) is 5.73 Å². The number of nitrogens with zero attached hydrogens (tertiary/aromatic N) is 4. The number of pyridine rings is 1. The zero-order valence-corrected chi connectivity index (χ0v) is 10.0. The molecule has 0 spiro atoms. The number of rotatable bonds is 2. The minimum absolute atomic E-state index is 0.587. The van der Waals surface area contributed by atoms with Gasteiger partial charge in [-0.25, -0.2) is 0 Å². The van der Waals surface area contributed by atoms with Gasteiger partial charge in [0.1, 0.15) is 5.82 Å². The van der Waals surface area contributed by atoms with Crippen molar-refractivity contribution in [3.05, 3.63) is 24.2 Å². The number of hydrogen-bond donors (Lipinski definition) is 1. The van der Waals surface area contributed by atoms with Gasteiger partial charge in [-0.1, -0.05) is 0 Å². The molecule has 0 amide bonds. The lowest BCUT2D eigenvalue weighted by atomic mass is 10.1. The number of hydrogen-bond acceptors (Lipinski definition) is 4. The van der Waals surface area contributed by atoms with Gasteiger partial charge in [0, 0.05) is 18.7 Å². The van der Waals surface area contributed by atoms with Crippen molar-refractivity contribution in [2.45, 2.75) is 25.3 Å². The lowest BCUT2D eigenvalue weighted by Gasteiger charge is -2.18. The Hall–Kier alpha value is -1.62. The van der Waals surface area contributed by atoms with Crippen molar-refractivity contribution in [3.8, 4) is 0 Å². The van der Waals surface area contributed by atoms with Gasteiger partial charge in [0.2, 0.25) is 0 Å². The second-order valence-corrected chi connectivity index (χ2v) is 4.75. The normalized spacial score (nSPS) is 21.4. The van der Waals surface area contributed by atoms with Crippen LogP contribution in [0.1, 0.15) is 18.7 Å². The minimum Gasteiger partial charge on any atom is -0.396 e. The monoisotopic (exact) mass is 231 g/mol. The summed E-state index contributed by atoms with van der Waals surface area (Å²) in [6.45, 7) is 1.18. The molecule has 17 heavy (non-hydrogen) atoms. The molecule has 5 nitrogen and oxygen atoms in total. The molecule has 1 fully saturated rings. The van der Waals surface area contributed by atoms with Gasteiger partial charge in [-0.15, -0.1) is 10.2 Å². The highest BCUT2D eigenvalue weighted by atomic mass is 15.3. The molecule has 0 saturated carbocycles. The van der Waals surface area contributed by atoms with E-state index >= 15 is 0 Å². The molecule has 1 aliphatic heterocycles. The molecule has 1 unspecified atom stereocenters. The molecule has 2 aromatic heterocycles. The van der Waals surface area contributed by atoms with Gasteiger partial charge in [0.25, 0.3) is 0 Å². The van der Waals surface area contributed by atoms with Gasteiger partial charge in [-0.05, 0) is 38.6 Å². The van der Waals surface area contributed by atoms with Gasteiger partial charge in [-0.3, -0.25) is 4.40 Å². The molecule has 3 rings (SSSR count). The Morgan fingerprint density at radius 1 is 1.47 bits per heavy atom. The number of likely N-dealkylation sites (N-methyl/N-ethyl adjacent to an activating group) is 1. The highest BCUT2D eigenvalue weighted by Gasteiger charge is 2.23. The second kappa shape index (κ2) is 4.00. The first-order valence-electron chi connectivity index (χ1n) is 6.04. The van der Waals surface area contributed by atoms with Crippen LogP contribution in [0.4, 0.5) is 5.69 Å². The van der Waals surface area contributed by atoms with E-state index in [1.807, 2.05) is 22.7 Å². The number of likely N-dealkylation sites (tertiary alicyclic amines) is 1. The zero-order chi connectivity index (χ0) is 11.8. The van der Waals surface area contributed by atoms with Gasteiger partial charge in [0.15, 0.2) is 5.65 Å². The fourth-order valence-corrected chi connectivity index (χ4v) is 2.57. The maximum atomic E-state index is 5.87. The fraction of sp³-hybridized carbons (Fsp3) is 0.500. The summed E-state index contributed by atoms with van der Waals surface area (Å²) >= 11 is 0. The van der Waals surface area contributed by atoms with Crippen LogP contribution in [0.25, 0.3) is 5.65 Å². The summed E-state index contributed by atoms with van der Waals surface area (Å²) < 4.78 is 2.00. The molecule has 0 radical (unpaired) electrons. The first-order valence-corrected chi connectivity index (χ1v) is 6.04. The molecule has 1 saturated heterocycles. The Morgan fingerprint density at radius 2 is 2.35 bits per heavy atom. The quantitative estimate of drug-likeness (QED) is 0.836. The maximum Gasteiger partial charge on any atom is 0.183 e. The van der Waals surface area contributed by atoms with Gasteiger partial charge >= 0.3 is 0 Å². The third-order valence-electron chi connectivity index (χ3n) is 3.63. The summed E-state index contributed by atoms with van der Waals surface area (Å²) in [5.74, 6) is 1.01. The van der Waals surface area contributed by atoms with Crippen LogP contribution in [0, 0.1) is 0 Å². The Labute approximate surface area is 100 Å². The third-order valence-corrected chi connectivity index (χ3v) is 3.63. The summed E-state index contributed by atoms with van der Waals surface area (Å²) in [4.78, 5) is 2.40. The molecule has 0 aromatic carbocycles. The van der Waals surface area contributed by atoms with Crippen LogP contribution in [-0.4, -0.2) is 39.1 Å². The Morgan fingerprint density at radius 3 is 3.12 bits per heavy atom. The van der Waals surface area contributed by atoms with Crippen molar-refractivity contribution < 1.29 is 0 Å². The van der Waals surface area contributed by atoms with Gasteiger partial charge in [-0.2, -0.15) is 0 Å².